The Morgan fingerprint density at radius 1 is 1.05 bits per heavy atom. The molecule has 1 aliphatic heterocycles. The molecule has 2 aromatic carbocycles. The van der Waals surface area contributed by atoms with Crippen molar-refractivity contribution < 1.29 is 40.9 Å². The number of aromatic nitrogens is 3. The normalized spacial score (nSPS) is 20.2. The second kappa shape index (κ2) is 10.7. The number of aliphatic hydroxyl groups is 1. The molecule has 0 saturated carbocycles. The Morgan fingerprint density at radius 3 is 2.24 bits per heavy atom. The average Bonchev–Trinajstić information content (AvgIpc) is 3.26. The van der Waals surface area contributed by atoms with Crippen molar-refractivity contribution >= 4 is 0 Å². The fraction of sp³-hybridized carbons (Fsp3) is 0.391. The first-order valence-corrected chi connectivity index (χ1v) is 11.1. The van der Waals surface area contributed by atoms with Crippen molar-refractivity contribution in [3.63, 3.8) is 0 Å². The van der Waals surface area contributed by atoms with Crippen molar-refractivity contribution in [1.29, 1.82) is 0 Å². The Bertz CT molecular complexity index is 1210. The van der Waals surface area contributed by atoms with Crippen LogP contribution in [0.15, 0.2) is 53.3 Å². The number of hydrogen-bond donors (Lipinski definition) is 3. The van der Waals surface area contributed by atoms with E-state index in [1.165, 1.54) is 0 Å². The number of benzene rings is 2. The number of ether oxygens (including phenoxy) is 2. The number of H-pyrrole nitrogens is 2. The Hall–Kier alpha value is -3.20. The van der Waals surface area contributed by atoms with E-state index in [2.05, 4.69) is 15.2 Å². The fourth-order valence-electron chi connectivity index (χ4n) is 4.12. The minimum absolute atomic E-state index is 0.00814. The van der Waals surface area contributed by atoms with Crippen LogP contribution in [-0.4, -0.2) is 51.2 Å². The van der Waals surface area contributed by atoms with E-state index < -0.39 is 59.8 Å². The number of morpholine rings is 1. The van der Waals surface area contributed by atoms with Crippen LogP contribution >= 0.6 is 0 Å². The maximum absolute atomic E-state index is 13.4. The van der Waals surface area contributed by atoms with Gasteiger partial charge in [0, 0.05) is 6.54 Å². The van der Waals surface area contributed by atoms with Crippen molar-refractivity contribution in [2.24, 2.45) is 0 Å². The molecular formula is C23H22F6N4O4. The molecule has 1 aliphatic rings. The number of aliphatic hydroxyl groups excluding tert-OH is 1. The topological polar surface area (TPSA) is 103 Å². The molecule has 200 valence electrons. The summed E-state index contributed by atoms with van der Waals surface area (Å²) in [5.74, 6) is 0.304. The van der Waals surface area contributed by atoms with Crippen molar-refractivity contribution in [2.75, 3.05) is 19.8 Å². The first-order valence-electron chi connectivity index (χ1n) is 11.1. The van der Waals surface area contributed by atoms with Gasteiger partial charge in [-0.2, -0.15) is 31.3 Å². The van der Waals surface area contributed by atoms with Crippen LogP contribution < -0.4 is 5.69 Å². The molecule has 4 rings (SSSR count). The highest BCUT2D eigenvalue weighted by molar-refractivity contribution is 5.35. The van der Waals surface area contributed by atoms with E-state index >= 15 is 0 Å². The number of nitrogens with one attached hydrogen (secondary N) is 2. The average molecular weight is 532 g/mol. The van der Waals surface area contributed by atoms with Crippen LogP contribution in [-0.2, 0) is 28.4 Å². The molecule has 0 radical (unpaired) electrons. The van der Waals surface area contributed by atoms with Gasteiger partial charge in [0.15, 0.2) is 6.29 Å². The van der Waals surface area contributed by atoms with Gasteiger partial charge in [-0.25, -0.2) is 9.89 Å². The second-order valence-electron chi connectivity index (χ2n) is 8.33. The van der Waals surface area contributed by atoms with Crippen LogP contribution in [0.25, 0.3) is 0 Å². The van der Waals surface area contributed by atoms with Gasteiger partial charge in [-0.15, -0.1) is 0 Å². The summed E-state index contributed by atoms with van der Waals surface area (Å²) in [6.07, 6.45) is -12.9. The summed E-state index contributed by atoms with van der Waals surface area (Å²) in [4.78, 5) is 17.1. The smallest absolute Gasteiger partial charge is 0.393 e. The zero-order valence-electron chi connectivity index (χ0n) is 19.0. The lowest BCUT2D eigenvalue weighted by atomic mass is 10.00. The van der Waals surface area contributed by atoms with Crippen molar-refractivity contribution in [2.45, 2.75) is 37.3 Å². The summed E-state index contributed by atoms with van der Waals surface area (Å²) >= 11 is 0. The fourth-order valence-corrected chi connectivity index (χ4v) is 4.12. The summed E-state index contributed by atoms with van der Waals surface area (Å²) in [6, 6.07) is 9.07. The molecule has 0 spiro atoms. The second-order valence-corrected chi connectivity index (χ2v) is 8.33. The van der Waals surface area contributed by atoms with Crippen LogP contribution in [0.5, 0.6) is 0 Å². The summed E-state index contributed by atoms with van der Waals surface area (Å²) in [5.41, 5.74) is -3.46. The zero-order valence-corrected chi connectivity index (χ0v) is 19.0. The molecule has 14 heteroatoms. The molecule has 1 aromatic heterocycles. The maximum atomic E-state index is 13.4. The third kappa shape index (κ3) is 6.39. The Kier molecular flexibility index (Phi) is 7.73. The van der Waals surface area contributed by atoms with Crippen LogP contribution in [0.3, 0.4) is 0 Å². The molecule has 1 fully saturated rings. The van der Waals surface area contributed by atoms with E-state index in [9.17, 15) is 36.2 Å². The first-order chi connectivity index (χ1) is 17.5. The van der Waals surface area contributed by atoms with Gasteiger partial charge in [0.25, 0.3) is 0 Å². The molecule has 1 saturated heterocycles. The Labute approximate surface area is 205 Å². The van der Waals surface area contributed by atoms with E-state index in [4.69, 9.17) is 9.47 Å². The maximum Gasteiger partial charge on any atom is 0.416 e. The lowest BCUT2D eigenvalue weighted by Crippen LogP contribution is -2.46. The minimum Gasteiger partial charge on any atom is -0.393 e. The summed E-state index contributed by atoms with van der Waals surface area (Å²) in [7, 11) is 0. The van der Waals surface area contributed by atoms with E-state index in [-0.39, 0.29) is 19.2 Å². The monoisotopic (exact) mass is 532 g/mol. The zero-order chi connectivity index (χ0) is 26.8. The van der Waals surface area contributed by atoms with Crippen LogP contribution in [0, 0.1) is 0 Å². The molecule has 37 heavy (non-hydrogen) atoms. The highest BCUT2D eigenvalue weighted by Crippen LogP contribution is 2.39. The molecule has 0 aliphatic carbocycles. The molecule has 3 atom stereocenters. The third-order valence-electron chi connectivity index (χ3n) is 5.80. The number of rotatable bonds is 7. The van der Waals surface area contributed by atoms with Crippen molar-refractivity contribution in [3.8, 4) is 0 Å². The lowest BCUT2D eigenvalue weighted by molar-refractivity contribution is -0.238. The molecule has 2 heterocycles. The van der Waals surface area contributed by atoms with Crippen molar-refractivity contribution in [3.05, 3.63) is 87.1 Å². The van der Waals surface area contributed by atoms with E-state index in [1.54, 1.807) is 30.3 Å². The number of aromatic amines is 2. The molecule has 8 nitrogen and oxygen atoms in total. The highest BCUT2D eigenvalue weighted by atomic mass is 19.4. The molecule has 2 unspecified atom stereocenters. The number of hydrogen-bond acceptors (Lipinski definition) is 6. The predicted molar refractivity (Wildman–Crippen MR) is 116 cm³/mol. The highest BCUT2D eigenvalue weighted by Gasteiger charge is 2.40. The minimum atomic E-state index is -5.05. The lowest BCUT2D eigenvalue weighted by Gasteiger charge is -2.41. The molecule has 0 amide bonds. The summed E-state index contributed by atoms with van der Waals surface area (Å²) in [5, 5.41) is 14.9. The van der Waals surface area contributed by atoms with Crippen LogP contribution in [0.1, 0.15) is 40.2 Å². The van der Waals surface area contributed by atoms with Gasteiger partial charge >= 0.3 is 18.0 Å². The SMILES string of the molecule is O=c1nc(CN2CCOC(O[C@@H](CO)c3cc(C(F)(F)F)cc(C(F)(F)F)c3)C2c2ccccc2)[nH][nH]1. The van der Waals surface area contributed by atoms with Gasteiger partial charge in [-0.05, 0) is 29.3 Å². The van der Waals surface area contributed by atoms with Crippen LogP contribution in [0.2, 0.25) is 0 Å². The molecule has 3 aromatic rings. The summed E-state index contributed by atoms with van der Waals surface area (Å²) in [6.45, 7) is -0.336. The molecule has 0 bridgehead atoms. The van der Waals surface area contributed by atoms with Gasteiger partial charge in [0.1, 0.15) is 11.9 Å². The molecular weight excluding hydrogens is 510 g/mol. The third-order valence-corrected chi connectivity index (χ3v) is 5.80. The van der Waals surface area contributed by atoms with Crippen LogP contribution in [0.4, 0.5) is 26.3 Å². The largest absolute Gasteiger partial charge is 0.416 e. The number of nitrogens with zero attached hydrogens (tertiary/aromatic N) is 2. The first kappa shape index (κ1) is 26.9. The standard InChI is InChI=1S/C23H22F6N4O4/c24-22(25,26)15-8-14(9-16(10-15)23(27,28)29)17(12-34)37-20-19(13-4-2-1-3-5-13)33(6-7-36-20)11-18-30-21(35)32-31-18/h1-5,8-10,17,19-20,34H,6-7,11-12H2,(H2,30,31,32,35)/t17-,19?,20?/m0/s1. The van der Waals surface area contributed by atoms with Gasteiger partial charge in [0.05, 0.1) is 36.9 Å². The van der Waals surface area contributed by atoms with E-state index in [0.29, 0.717) is 30.1 Å². The Morgan fingerprint density at radius 2 is 1.70 bits per heavy atom. The number of halogens is 6. The van der Waals surface area contributed by atoms with Crippen molar-refractivity contribution in [1.82, 2.24) is 20.1 Å². The quantitative estimate of drug-likeness (QED) is 0.401. The van der Waals surface area contributed by atoms with E-state index in [1.807, 2.05) is 4.90 Å². The van der Waals surface area contributed by atoms with Gasteiger partial charge in [-0.1, -0.05) is 30.3 Å². The molecule has 3 N–H and O–H groups in total. The van der Waals surface area contributed by atoms with Gasteiger partial charge in [0.2, 0.25) is 0 Å². The van der Waals surface area contributed by atoms with Gasteiger partial charge < -0.3 is 14.6 Å². The predicted octanol–water partition coefficient (Wildman–Crippen LogP) is 3.79. The van der Waals surface area contributed by atoms with E-state index in [0.717, 1.165) is 0 Å². The summed E-state index contributed by atoms with van der Waals surface area (Å²) < 4.78 is 91.8. The Balaban J connectivity index is 1.68. The number of alkyl halides is 6. The van der Waals surface area contributed by atoms with Gasteiger partial charge in [-0.3, -0.25) is 10.00 Å².